The van der Waals surface area contributed by atoms with Crippen LogP contribution < -0.4 is 5.32 Å². The molecule has 0 radical (unpaired) electrons. The summed E-state index contributed by atoms with van der Waals surface area (Å²) < 4.78 is 5.37. The quantitative estimate of drug-likeness (QED) is 0.680. The summed E-state index contributed by atoms with van der Waals surface area (Å²) in [6, 6.07) is 0. The van der Waals surface area contributed by atoms with Crippen molar-refractivity contribution in [3.63, 3.8) is 0 Å². The minimum absolute atomic E-state index is 0.782. The van der Waals surface area contributed by atoms with Gasteiger partial charge in [-0.25, -0.2) is 0 Å². The van der Waals surface area contributed by atoms with E-state index in [0.29, 0.717) is 0 Å². The van der Waals surface area contributed by atoms with Gasteiger partial charge >= 0.3 is 0 Å². The van der Waals surface area contributed by atoms with Gasteiger partial charge < -0.3 is 10.1 Å². The second-order valence-electron chi connectivity index (χ2n) is 4.55. The second kappa shape index (κ2) is 4.94. The normalized spacial score (nSPS) is 30.9. The fourth-order valence-corrected chi connectivity index (χ4v) is 2.43. The molecular weight excluding hydrogens is 174 g/mol. The van der Waals surface area contributed by atoms with E-state index < -0.39 is 0 Å². The number of hydrogen-bond donors (Lipinski definition) is 1. The third-order valence-electron chi connectivity index (χ3n) is 3.47. The van der Waals surface area contributed by atoms with Crippen molar-refractivity contribution in [3.8, 4) is 0 Å². The van der Waals surface area contributed by atoms with Crippen molar-refractivity contribution < 1.29 is 4.74 Å². The minimum atomic E-state index is 0.782. The van der Waals surface area contributed by atoms with Gasteiger partial charge in [0.2, 0.25) is 0 Å². The molecule has 0 aliphatic carbocycles. The van der Waals surface area contributed by atoms with Crippen LogP contribution in [-0.2, 0) is 4.74 Å². The third kappa shape index (κ3) is 2.58. The molecule has 0 aromatic carbocycles. The first-order chi connectivity index (χ1) is 6.86. The number of allylic oxidation sites excluding steroid dienone is 1. The highest BCUT2D eigenvalue weighted by atomic mass is 16.5. The molecule has 0 aromatic heterocycles. The van der Waals surface area contributed by atoms with Crippen LogP contribution in [-0.4, -0.2) is 26.3 Å². The smallest absolute Gasteiger partial charge is 0.0471 e. The van der Waals surface area contributed by atoms with Crippen LogP contribution in [0.4, 0.5) is 0 Å². The zero-order valence-electron chi connectivity index (χ0n) is 9.09. The highest BCUT2D eigenvalue weighted by Gasteiger charge is 2.18. The van der Waals surface area contributed by atoms with Gasteiger partial charge in [0, 0.05) is 19.8 Å². The lowest BCUT2D eigenvalue weighted by Crippen LogP contribution is -2.15. The van der Waals surface area contributed by atoms with Crippen molar-refractivity contribution in [2.75, 3.05) is 26.3 Å². The van der Waals surface area contributed by atoms with E-state index in [2.05, 4.69) is 18.3 Å². The Bertz CT molecular complexity index is 200. The van der Waals surface area contributed by atoms with Crippen molar-refractivity contribution >= 4 is 0 Å². The molecule has 1 atom stereocenters. The van der Waals surface area contributed by atoms with E-state index in [1.807, 2.05) is 0 Å². The molecule has 80 valence electrons. The summed E-state index contributed by atoms with van der Waals surface area (Å²) in [5.74, 6) is 1.59. The molecule has 0 amide bonds. The molecule has 0 bridgehead atoms. The van der Waals surface area contributed by atoms with Gasteiger partial charge in [0.15, 0.2) is 0 Å². The van der Waals surface area contributed by atoms with Gasteiger partial charge in [-0.05, 0) is 44.6 Å². The number of hydrogen-bond acceptors (Lipinski definition) is 2. The Balaban J connectivity index is 1.87. The van der Waals surface area contributed by atoms with Crippen LogP contribution in [0.5, 0.6) is 0 Å². The molecule has 0 spiro atoms. The van der Waals surface area contributed by atoms with Gasteiger partial charge in [-0.3, -0.25) is 0 Å². The summed E-state index contributed by atoms with van der Waals surface area (Å²) >= 11 is 0. The first-order valence-electron chi connectivity index (χ1n) is 5.83. The Labute approximate surface area is 86.7 Å². The molecule has 2 aliphatic rings. The highest BCUT2D eigenvalue weighted by Crippen LogP contribution is 2.23. The van der Waals surface area contributed by atoms with E-state index in [0.717, 1.165) is 25.0 Å². The molecule has 2 heterocycles. The largest absolute Gasteiger partial charge is 0.381 e. The molecule has 0 saturated carbocycles. The van der Waals surface area contributed by atoms with Crippen LogP contribution in [0.2, 0.25) is 0 Å². The van der Waals surface area contributed by atoms with Crippen LogP contribution >= 0.6 is 0 Å². The van der Waals surface area contributed by atoms with Crippen LogP contribution in [0.3, 0.4) is 0 Å². The van der Waals surface area contributed by atoms with Gasteiger partial charge in [-0.2, -0.15) is 0 Å². The van der Waals surface area contributed by atoms with E-state index in [1.165, 1.54) is 32.4 Å². The summed E-state index contributed by atoms with van der Waals surface area (Å²) in [5, 5.41) is 3.42. The van der Waals surface area contributed by atoms with E-state index in [-0.39, 0.29) is 0 Å². The Morgan fingerprint density at radius 1 is 1.29 bits per heavy atom. The predicted molar refractivity (Wildman–Crippen MR) is 58.3 cm³/mol. The van der Waals surface area contributed by atoms with Crippen molar-refractivity contribution in [1.82, 2.24) is 5.32 Å². The van der Waals surface area contributed by atoms with E-state index in [1.54, 1.807) is 5.57 Å². The monoisotopic (exact) mass is 195 g/mol. The number of rotatable bonds is 2. The summed E-state index contributed by atoms with van der Waals surface area (Å²) in [7, 11) is 0. The molecule has 2 nitrogen and oxygen atoms in total. The van der Waals surface area contributed by atoms with Crippen LogP contribution in [0.25, 0.3) is 0 Å². The lowest BCUT2D eigenvalue weighted by molar-refractivity contribution is 0.0782. The summed E-state index contributed by atoms with van der Waals surface area (Å²) in [5.41, 5.74) is 1.60. The highest BCUT2D eigenvalue weighted by molar-refractivity contribution is 5.08. The van der Waals surface area contributed by atoms with Gasteiger partial charge in [0.05, 0.1) is 0 Å². The zero-order valence-corrected chi connectivity index (χ0v) is 9.09. The molecule has 2 rings (SSSR count). The maximum atomic E-state index is 5.37. The predicted octanol–water partition coefficient (Wildman–Crippen LogP) is 1.97. The molecule has 1 N–H and O–H groups in total. The SMILES string of the molecule is C/C(=C/C1CCOCC1)C1CCNC1. The minimum Gasteiger partial charge on any atom is -0.381 e. The zero-order chi connectivity index (χ0) is 9.80. The molecule has 1 unspecified atom stereocenters. The van der Waals surface area contributed by atoms with E-state index in [9.17, 15) is 0 Å². The van der Waals surface area contributed by atoms with Gasteiger partial charge in [0.25, 0.3) is 0 Å². The van der Waals surface area contributed by atoms with Crippen molar-refractivity contribution in [2.24, 2.45) is 11.8 Å². The van der Waals surface area contributed by atoms with Crippen LogP contribution in [0, 0.1) is 11.8 Å². The maximum Gasteiger partial charge on any atom is 0.0471 e. The first-order valence-corrected chi connectivity index (χ1v) is 5.83. The fourth-order valence-electron chi connectivity index (χ4n) is 2.43. The van der Waals surface area contributed by atoms with Crippen LogP contribution in [0.15, 0.2) is 11.6 Å². The number of nitrogens with one attached hydrogen (secondary N) is 1. The first kappa shape index (κ1) is 10.2. The van der Waals surface area contributed by atoms with Crippen molar-refractivity contribution in [1.29, 1.82) is 0 Å². The molecule has 2 saturated heterocycles. The Hall–Kier alpha value is -0.340. The Morgan fingerprint density at radius 2 is 2.07 bits per heavy atom. The molecule has 2 aliphatic heterocycles. The standard InChI is InChI=1S/C12H21NO/c1-10(12-2-5-13-9-12)8-11-3-6-14-7-4-11/h8,11-13H,2-7,9H2,1H3/b10-8-. The molecule has 0 aromatic rings. The summed E-state index contributed by atoms with van der Waals surface area (Å²) in [4.78, 5) is 0. The third-order valence-corrected chi connectivity index (χ3v) is 3.47. The van der Waals surface area contributed by atoms with Gasteiger partial charge in [0.1, 0.15) is 0 Å². The number of ether oxygens (including phenoxy) is 1. The second-order valence-corrected chi connectivity index (χ2v) is 4.55. The van der Waals surface area contributed by atoms with E-state index in [4.69, 9.17) is 4.74 Å². The van der Waals surface area contributed by atoms with Crippen LogP contribution in [0.1, 0.15) is 26.2 Å². The Kier molecular flexibility index (Phi) is 3.60. The van der Waals surface area contributed by atoms with Gasteiger partial charge in [-0.1, -0.05) is 11.6 Å². The molecule has 2 heteroatoms. The average molecular weight is 195 g/mol. The fraction of sp³-hybridized carbons (Fsp3) is 0.833. The van der Waals surface area contributed by atoms with Crippen molar-refractivity contribution in [2.45, 2.75) is 26.2 Å². The summed E-state index contributed by atoms with van der Waals surface area (Å²) in [6.07, 6.45) is 6.26. The summed E-state index contributed by atoms with van der Waals surface area (Å²) in [6.45, 7) is 6.59. The van der Waals surface area contributed by atoms with Crippen molar-refractivity contribution in [3.05, 3.63) is 11.6 Å². The molecule has 14 heavy (non-hydrogen) atoms. The lowest BCUT2D eigenvalue weighted by Gasteiger charge is -2.21. The maximum absolute atomic E-state index is 5.37. The lowest BCUT2D eigenvalue weighted by atomic mass is 9.92. The molecular formula is C12H21NO. The van der Waals surface area contributed by atoms with Gasteiger partial charge in [-0.15, -0.1) is 0 Å². The van der Waals surface area contributed by atoms with E-state index >= 15 is 0 Å². The average Bonchev–Trinajstić information content (AvgIpc) is 2.72. The molecule has 2 fully saturated rings. The topological polar surface area (TPSA) is 21.3 Å². The Morgan fingerprint density at radius 3 is 2.71 bits per heavy atom.